The summed E-state index contributed by atoms with van der Waals surface area (Å²) in [7, 11) is 0. The molecule has 0 saturated carbocycles. The predicted octanol–water partition coefficient (Wildman–Crippen LogP) is 4.17. The number of nitrogens with one attached hydrogen (secondary N) is 1. The van der Waals surface area contributed by atoms with Crippen molar-refractivity contribution in [2.45, 2.75) is 45.4 Å². The van der Waals surface area contributed by atoms with Crippen molar-refractivity contribution in [1.29, 1.82) is 0 Å². The zero-order chi connectivity index (χ0) is 11.1. The zero-order valence-corrected chi connectivity index (χ0v) is 10.1. The van der Waals surface area contributed by atoms with Crippen molar-refractivity contribution >= 4 is 10.9 Å². The van der Waals surface area contributed by atoms with E-state index in [4.69, 9.17) is 0 Å². The lowest BCUT2D eigenvalue weighted by Crippen LogP contribution is -1.99. The summed E-state index contributed by atoms with van der Waals surface area (Å²) in [6, 6.07) is 6.75. The molecular formula is C15H19N. The topological polar surface area (TPSA) is 15.8 Å². The van der Waals surface area contributed by atoms with Crippen molar-refractivity contribution in [2.24, 2.45) is 0 Å². The van der Waals surface area contributed by atoms with Crippen molar-refractivity contribution in [2.75, 3.05) is 0 Å². The molecule has 1 nitrogen and oxygen atoms in total. The molecule has 0 unspecified atom stereocenters. The molecule has 1 aliphatic carbocycles. The molecule has 1 aromatic carbocycles. The Balaban J connectivity index is 2.29. The van der Waals surface area contributed by atoms with Crippen LogP contribution in [-0.4, -0.2) is 4.98 Å². The Labute approximate surface area is 96.9 Å². The lowest BCUT2D eigenvalue weighted by Gasteiger charge is -2.10. The average Bonchev–Trinajstić information content (AvgIpc) is 2.67. The Kier molecular flexibility index (Phi) is 2.27. The largest absolute Gasteiger partial charge is 0.358 e. The first-order valence-corrected chi connectivity index (χ1v) is 6.39. The van der Waals surface area contributed by atoms with Crippen LogP contribution in [0.3, 0.4) is 0 Å². The summed E-state index contributed by atoms with van der Waals surface area (Å²) >= 11 is 0. The minimum absolute atomic E-state index is 0.601. The third kappa shape index (κ3) is 1.38. The van der Waals surface area contributed by atoms with Crippen LogP contribution in [0.25, 0.3) is 10.9 Å². The van der Waals surface area contributed by atoms with Crippen LogP contribution < -0.4 is 0 Å². The maximum atomic E-state index is 3.67. The average molecular weight is 213 g/mol. The van der Waals surface area contributed by atoms with Gasteiger partial charge in [0.25, 0.3) is 0 Å². The second-order valence-electron chi connectivity index (χ2n) is 5.21. The molecule has 84 valence electrons. The van der Waals surface area contributed by atoms with Gasteiger partial charge in [0, 0.05) is 16.6 Å². The van der Waals surface area contributed by atoms with Crippen LogP contribution in [-0.2, 0) is 12.8 Å². The molecule has 1 aliphatic rings. The van der Waals surface area contributed by atoms with Gasteiger partial charge in [-0.2, -0.15) is 0 Å². The summed E-state index contributed by atoms with van der Waals surface area (Å²) in [5, 5.41) is 1.47. The van der Waals surface area contributed by atoms with Gasteiger partial charge in [-0.3, -0.25) is 0 Å². The summed E-state index contributed by atoms with van der Waals surface area (Å²) in [4.78, 5) is 3.67. The van der Waals surface area contributed by atoms with Gasteiger partial charge >= 0.3 is 0 Å². The number of aromatic amines is 1. The van der Waals surface area contributed by atoms with Gasteiger partial charge in [0.2, 0.25) is 0 Å². The SMILES string of the molecule is CC(C)c1cccc2c3c([nH]c12)CCCC3. The fraction of sp³-hybridized carbons (Fsp3) is 0.467. The van der Waals surface area contributed by atoms with E-state index in [1.54, 1.807) is 5.56 Å². The van der Waals surface area contributed by atoms with E-state index in [1.165, 1.54) is 47.8 Å². The Morgan fingerprint density at radius 1 is 1.12 bits per heavy atom. The van der Waals surface area contributed by atoms with E-state index in [0.717, 1.165) is 0 Å². The smallest absolute Gasteiger partial charge is 0.0494 e. The predicted molar refractivity (Wildman–Crippen MR) is 69.0 cm³/mol. The normalized spacial score (nSPS) is 15.7. The molecule has 0 spiro atoms. The molecule has 0 aliphatic heterocycles. The highest BCUT2D eigenvalue weighted by Gasteiger charge is 2.17. The van der Waals surface area contributed by atoms with Crippen molar-refractivity contribution in [1.82, 2.24) is 4.98 Å². The molecule has 0 bridgehead atoms. The first-order chi connectivity index (χ1) is 7.77. The van der Waals surface area contributed by atoms with Crippen molar-refractivity contribution in [3.63, 3.8) is 0 Å². The fourth-order valence-electron chi connectivity index (χ4n) is 2.93. The first-order valence-electron chi connectivity index (χ1n) is 6.39. The molecule has 0 radical (unpaired) electrons. The third-order valence-corrected chi connectivity index (χ3v) is 3.79. The molecule has 0 saturated heterocycles. The third-order valence-electron chi connectivity index (χ3n) is 3.79. The van der Waals surface area contributed by atoms with Gasteiger partial charge in [-0.15, -0.1) is 0 Å². The number of aryl methyl sites for hydroxylation is 2. The van der Waals surface area contributed by atoms with Crippen LogP contribution in [0.2, 0.25) is 0 Å². The fourth-order valence-corrected chi connectivity index (χ4v) is 2.93. The number of fused-ring (bicyclic) bond motifs is 3. The molecular weight excluding hydrogens is 194 g/mol. The van der Waals surface area contributed by atoms with Gasteiger partial charge in [0.1, 0.15) is 0 Å². The molecule has 0 amide bonds. The van der Waals surface area contributed by atoms with Crippen molar-refractivity contribution in [3.8, 4) is 0 Å². The minimum atomic E-state index is 0.601. The van der Waals surface area contributed by atoms with Gasteiger partial charge in [0.05, 0.1) is 0 Å². The summed E-state index contributed by atoms with van der Waals surface area (Å²) in [6.45, 7) is 4.54. The number of aromatic nitrogens is 1. The number of hydrogen-bond acceptors (Lipinski definition) is 0. The van der Waals surface area contributed by atoms with Gasteiger partial charge in [-0.1, -0.05) is 32.0 Å². The summed E-state index contributed by atoms with van der Waals surface area (Å²) in [6.07, 6.45) is 5.20. The van der Waals surface area contributed by atoms with Gasteiger partial charge < -0.3 is 4.98 Å². The second-order valence-corrected chi connectivity index (χ2v) is 5.21. The number of H-pyrrole nitrogens is 1. The van der Waals surface area contributed by atoms with Crippen LogP contribution in [0.5, 0.6) is 0 Å². The van der Waals surface area contributed by atoms with Crippen LogP contribution in [0.15, 0.2) is 18.2 Å². The van der Waals surface area contributed by atoms with Crippen LogP contribution in [0, 0.1) is 0 Å². The molecule has 1 heteroatoms. The van der Waals surface area contributed by atoms with Gasteiger partial charge in [-0.25, -0.2) is 0 Å². The van der Waals surface area contributed by atoms with Crippen LogP contribution in [0.4, 0.5) is 0 Å². The second kappa shape index (κ2) is 3.65. The standard InChI is InChI=1S/C15H19N/c1-10(2)11-7-5-8-13-12-6-3-4-9-14(12)16-15(11)13/h5,7-8,10,16H,3-4,6,9H2,1-2H3. The Bertz CT molecular complexity index is 519. The quantitative estimate of drug-likeness (QED) is 0.731. The zero-order valence-electron chi connectivity index (χ0n) is 10.1. The van der Waals surface area contributed by atoms with E-state index in [9.17, 15) is 0 Å². The van der Waals surface area contributed by atoms with Crippen molar-refractivity contribution in [3.05, 3.63) is 35.0 Å². The van der Waals surface area contributed by atoms with E-state index >= 15 is 0 Å². The Hall–Kier alpha value is -1.24. The van der Waals surface area contributed by atoms with Gasteiger partial charge in [0.15, 0.2) is 0 Å². The first kappa shape index (κ1) is 9.95. The summed E-state index contributed by atoms with van der Waals surface area (Å²) < 4.78 is 0. The molecule has 3 rings (SSSR count). The molecule has 16 heavy (non-hydrogen) atoms. The highest BCUT2D eigenvalue weighted by Crippen LogP contribution is 2.32. The number of para-hydroxylation sites is 1. The lowest BCUT2D eigenvalue weighted by molar-refractivity contribution is 0.680. The van der Waals surface area contributed by atoms with Gasteiger partial charge in [-0.05, 0) is 42.7 Å². The molecule has 1 aromatic heterocycles. The van der Waals surface area contributed by atoms with E-state index in [2.05, 4.69) is 37.0 Å². The van der Waals surface area contributed by atoms with E-state index in [-0.39, 0.29) is 0 Å². The highest BCUT2D eigenvalue weighted by molar-refractivity contribution is 5.88. The monoisotopic (exact) mass is 213 g/mol. The number of rotatable bonds is 1. The number of benzene rings is 1. The van der Waals surface area contributed by atoms with Crippen molar-refractivity contribution < 1.29 is 0 Å². The molecule has 1 heterocycles. The Morgan fingerprint density at radius 2 is 1.94 bits per heavy atom. The molecule has 1 N–H and O–H groups in total. The number of hydrogen-bond donors (Lipinski definition) is 1. The summed E-state index contributed by atoms with van der Waals surface area (Å²) in [5.74, 6) is 0.601. The maximum Gasteiger partial charge on any atom is 0.0494 e. The van der Waals surface area contributed by atoms with E-state index in [0.29, 0.717) is 5.92 Å². The minimum Gasteiger partial charge on any atom is -0.358 e. The summed E-state index contributed by atoms with van der Waals surface area (Å²) in [5.41, 5.74) is 5.94. The van der Waals surface area contributed by atoms with Crippen LogP contribution >= 0.6 is 0 Å². The van der Waals surface area contributed by atoms with E-state index in [1.807, 2.05) is 0 Å². The highest BCUT2D eigenvalue weighted by atomic mass is 14.7. The van der Waals surface area contributed by atoms with Crippen LogP contribution in [0.1, 0.15) is 49.4 Å². The Morgan fingerprint density at radius 3 is 2.75 bits per heavy atom. The molecule has 0 atom stereocenters. The molecule has 0 fully saturated rings. The lowest BCUT2D eigenvalue weighted by atomic mass is 9.94. The van der Waals surface area contributed by atoms with E-state index < -0.39 is 0 Å². The molecule has 2 aromatic rings. The maximum absolute atomic E-state index is 3.67.